The minimum Gasteiger partial charge on any atom is -0.0836 e. The van der Waals surface area contributed by atoms with Gasteiger partial charge in [0.15, 0.2) is 0 Å². The maximum atomic E-state index is 2.38. The number of hydrogen-bond donors (Lipinski definition) is 0. The fourth-order valence-electron chi connectivity index (χ4n) is 6.42. The summed E-state index contributed by atoms with van der Waals surface area (Å²) in [5, 5.41) is 2.68. The molecule has 0 aliphatic heterocycles. The van der Waals surface area contributed by atoms with Crippen LogP contribution in [0.1, 0.15) is 18.4 Å². The fourth-order valence-corrected chi connectivity index (χ4v) is 6.42. The van der Waals surface area contributed by atoms with Crippen LogP contribution in [0.4, 0.5) is 0 Å². The molecule has 0 nitrogen and oxygen atoms in total. The summed E-state index contributed by atoms with van der Waals surface area (Å²) in [4.78, 5) is 0. The average molecular weight is 509 g/mol. The zero-order valence-corrected chi connectivity index (χ0v) is 22.3. The van der Waals surface area contributed by atoms with Crippen molar-refractivity contribution in [3.05, 3.63) is 151 Å². The first-order valence-electron chi connectivity index (χ1n) is 14.2. The van der Waals surface area contributed by atoms with Crippen LogP contribution < -0.4 is 0 Å². The van der Waals surface area contributed by atoms with E-state index in [0.717, 1.165) is 12.8 Å². The van der Waals surface area contributed by atoms with E-state index in [-0.39, 0.29) is 0 Å². The van der Waals surface area contributed by atoms with Gasteiger partial charge in [0.1, 0.15) is 0 Å². The van der Waals surface area contributed by atoms with Gasteiger partial charge in [-0.3, -0.25) is 0 Å². The van der Waals surface area contributed by atoms with Gasteiger partial charge in [0.25, 0.3) is 0 Å². The lowest BCUT2D eigenvalue weighted by atomic mass is 9.93. The minimum atomic E-state index is 1.13. The Kier molecular flexibility index (Phi) is 5.38. The minimum absolute atomic E-state index is 1.13. The van der Waals surface area contributed by atoms with E-state index in [2.05, 4.69) is 146 Å². The van der Waals surface area contributed by atoms with Crippen molar-refractivity contribution >= 4 is 16.3 Å². The first-order valence-corrected chi connectivity index (χ1v) is 14.2. The molecule has 0 atom stereocenters. The second kappa shape index (κ2) is 9.36. The van der Waals surface area contributed by atoms with Gasteiger partial charge in [-0.15, -0.1) is 0 Å². The predicted molar refractivity (Wildman–Crippen MR) is 171 cm³/mol. The Bertz CT molecular complexity index is 1980. The summed E-state index contributed by atoms with van der Waals surface area (Å²) in [5.41, 5.74) is 15.4. The molecule has 2 aliphatic rings. The van der Waals surface area contributed by atoms with Crippen molar-refractivity contribution < 1.29 is 0 Å². The predicted octanol–water partition coefficient (Wildman–Crippen LogP) is 11.2. The van der Waals surface area contributed by atoms with Gasteiger partial charge < -0.3 is 0 Å². The zero-order valence-electron chi connectivity index (χ0n) is 22.3. The monoisotopic (exact) mass is 508 g/mol. The van der Waals surface area contributed by atoms with Gasteiger partial charge in [0.2, 0.25) is 0 Å². The van der Waals surface area contributed by atoms with Gasteiger partial charge in [0.05, 0.1) is 0 Å². The highest BCUT2D eigenvalue weighted by atomic mass is 14.2. The Balaban J connectivity index is 1.16. The maximum Gasteiger partial charge on any atom is -0.00259 e. The molecule has 0 bridgehead atoms. The molecule has 0 heterocycles. The van der Waals surface area contributed by atoms with Crippen LogP contribution >= 0.6 is 0 Å². The average Bonchev–Trinajstić information content (AvgIpc) is 3.36. The molecule has 0 N–H and O–H groups in total. The maximum absolute atomic E-state index is 2.38. The number of allylic oxidation sites excluding steroid dienone is 4. The molecule has 6 aromatic carbocycles. The molecule has 0 radical (unpaired) electrons. The third-order valence-electron chi connectivity index (χ3n) is 8.42. The summed E-state index contributed by atoms with van der Waals surface area (Å²) in [7, 11) is 0. The third-order valence-corrected chi connectivity index (χ3v) is 8.42. The van der Waals surface area contributed by atoms with E-state index >= 15 is 0 Å². The second-order valence-corrected chi connectivity index (χ2v) is 10.9. The van der Waals surface area contributed by atoms with Crippen molar-refractivity contribution in [2.24, 2.45) is 0 Å². The zero-order chi connectivity index (χ0) is 26.5. The Morgan fingerprint density at radius 1 is 0.375 bits per heavy atom. The second-order valence-electron chi connectivity index (χ2n) is 10.9. The largest absolute Gasteiger partial charge is 0.0836 e. The van der Waals surface area contributed by atoms with Crippen LogP contribution in [-0.2, 0) is 0 Å². The van der Waals surface area contributed by atoms with Crippen molar-refractivity contribution in [3.8, 4) is 55.6 Å². The molecule has 0 aromatic heterocycles. The van der Waals surface area contributed by atoms with Crippen LogP contribution in [0.3, 0.4) is 0 Å². The van der Waals surface area contributed by atoms with Gasteiger partial charge in [0, 0.05) is 0 Å². The Morgan fingerprint density at radius 2 is 0.975 bits per heavy atom. The van der Waals surface area contributed by atoms with Crippen LogP contribution in [0, 0.1) is 0 Å². The molecule has 0 spiro atoms. The topological polar surface area (TPSA) is 0 Å². The van der Waals surface area contributed by atoms with Crippen molar-refractivity contribution in [2.45, 2.75) is 12.8 Å². The van der Waals surface area contributed by atoms with Crippen LogP contribution in [0.2, 0.25) is 0 Å². The normalized spacial score (nSPS) is 13.3. The molecule has 0 saturated heterocycles. The van der Waals surface area contributed by atoms with E-state index in [9.17, 15) is 0 Å². The van der Waals surface area contributed by atoms with E-state index in [1.165, 1.54) is 77.5 Å². The quantitative estimate of drug-likeness (QED) is 0.222. The van der Waals surface area contributed by atoms with E-state index in [1.54, 1.807) is 0 Å². The highest BCUT2D eigenvalue weighted by molar-refractivity contribution is 6.16. The van der Waals surface area contributed by atoms with Gasteiger partial charge in [-0.2, -0.15) is 0 Å². The van der Waals surface area contributed by atoms with E-state index < -0.39 is 0 Å². The summed E-state index contributed by atoms with van der Waals surface area (Å²) in [6.07, 6.45) is 9.12. The smallest absolute Gasteiger partial charge is 0.00259 e. The Hall–Kier alpha value is -4.94. The van der Waals surface area contributed by atoms with Gasteiger partial charge in [-0.1, -0.05) is 121 Å². The molecule has 40 heavy (non-hydrogen) atoms. The van der Waals surface area contributed by atoms with Crippen LogP contribution in [0.25, 0.3) is 72.0 Å². The van der Waals surface area contributed by atoms with Gasteiger partial charge in [-0.05, 0) is 115 Å². The highest BCUT2D eigenvalue weighted by Gasteiger charge is 2.21. The van der Waals surface area contributed by atoms with E-state index in [4.69, 9.17) is 0 Å². The van der Waals surface area contributed by atoms with Gasteiger partial charge >= 0.3 is 0 Å². The number of rotatable bonds is 4. The molecule has 0 heteroatoms. The lowest BCUT2D eigenvalue weighted by Gasteiger charge is -2.11. The molecular weight excluding hydrogens is 480 g/mol. The molecule has 0 unspecified atom stereocenters. The first-order chi connectivity index (χ1) is 19.8. The lowest BCUT2D eigenvalue weighted by Crippen LogP contribution is -1.87. The third kappa shape index (κ3) is 3.84. The Labute approximate surface area is 235 Å². The summed E-state index contributed by atoms with van der Waals surface area (Å²) < 4.78 is 0. The highest BCUT2D eigenvalue weighted by Crippen LogP contribution is 2.48. The molecule has 2 aliphatic carbocycles. The van der Waals surface area contributed by atoms with Crippen LogP contribution in [0.15, 0.2) is 146 Å². The standard InChI is InChI=1S/C40H28/c1-2-9-27(10-3-1)28-19-21-29(22-20-28)30-11-6-12-31(23-30)32-13-7-14-33(24-32)35-25-34-15-8-18-38-36-16-4-5-17-37(36)39(26-35)40(34)38/h2,4-26H,1,3H2. The van der Waals surface area contributed by atoms with Crippen LogP contribution in [0.5, 0.6) is 0 Å². The molecule has 188 valence electrons. The summed E-state index contributed by atoms with van der Waals surface area (Å²) in [5.74, 6) is 0. The molecule has 6 aromatic rings. The van der Waals surface area contributed by atoms with E-state index in [0.29, 0.717) is 0 Å². The summed E-state index contributed by atoms with van der Waals surface area (Å²) in [6.45, 7) is 0. The van der Waals surface area contributed by atoms with Crippen molar-refractivity contribution in [1.29, 1.82) is 0 Å². The van der Waals surface area contributed by atoms with Gasteiger partial charge in [-0.25, -0.2) is 0 Å². The number of fused-ring (bicyclic) bond motifs is 3. The SMILES string of the molecule is C1=CC(c2ccc(-c3cccc(-c4cccc(-c5cc6c7c(cccc7c5)-c5ccccc5-6)c4)c3)cc2)=CCC1. The van der Waals surface area contributed by atoms with Crippen molar-refractivity contribution in [3.63, 3.8) is 0 Å². The molecule has 0 fully saturated rings. The van der Waals surface area contributed by atoms with Crippen LogP contribution in [-0.4, -0.2) is 0 Å². The van der Waals surface area contributed by atoms with E-state index in [1.807, 2.05) is 0 Å². The molecule has 0 saturated carbocycles. The number of benzene rings is 6. The molecular formula is C40H28. The summed E-state index contributed by atoms with van der Waals surface area (Å²) in [6, 6.07) is 47.1. The Morgan fingerprint density at radius 3 is 1.68 bits per heavy atom. The van der Waals surface area contributed by atoms with Crippen molar-refractivity contribution in [2.75, 3.05) is 0 Å². The summed E-state index contributed by atoms with van der Waals surface area (Å²) >= 11 is 0. The van der Waals surface area contributed by atoms with Crippen molar-refractivity contribution in [1.82, 2.24) is 0 Å². The first kappa shape index (κ1) is 23.0. The fraction of sp³-hybridized carbons (Fsp3) is 0.0500. The molecule has 8 rings (SSSR count). The lowest BCUT2D eigenvalue weighted by molar-refractivity contribution is 1.04. The molecule has 0 amide bonds. The number of hydrogen-bond acceptors (Lipinski definition) is 0.